The van der Waals surface area contributed by atoms with Crippen LogP contribution in [0.1, 0.15) is 41.5 Å². The van der Waals surface area contributed by atoms with Crippen LogP contribution in [-0.4, -0.2) is 19.6 Å². The lowest BCUT2D eigenvalue weighted by molar-refractivity contribution is -0.163. The molecule has 0 radical (unpaired) electrons. The maximum atomic E-state index is 11.3. The second-order valence-electron chi connectivity index (χ2n) is 5.22. The maximum Gasteiger partial charge on any atom is 0.400 e. The first-order chi connectivity index (χ1) is 5.91. The third-order valence-corrected chi connectivity index (χ3v) is 4.87. The van der Waals surface area contributed by atoms with Gasteiger partial charge < -0.3 is 0 Å². The SMILES string of the molecule is CC1(C)OS(=O)(=O)OC(C)(C)C1(C)C. The average Bonchev–Trinajstić information content (AvgIpc) is 1.77. The van der Waals surface area contributed by atoms with E-state index in [1.54, 1.807) is 27.7 Å². The molecule has 1 aliphatic heterocycles. The lowest BCUT2D eigenvalue weighted by Crippen LogP contribution is -2.61. The van der Waals surface area contributed by atoms with E-state index >= 15 is 0 Å². The van der Waals surface area contributed by atoms with Gasteiger partial charge in [-0.2, -0.15) is 8.42 Å². The van der Waals surface area contributed by atoms with Crippen molar-refractivity contribution in [2.45, 2.75) is 52.7 Å². The molecule has 5 heteroatoms. The van der Waals surface area contributed by atoms with Gasteiger partial charge in [0.05, 0.1) is 11.2 Å². The molecule has 0 saturated carbocycles. The molecule has 1 fully saturated rings. The number of hydrogen-bond acceptors (Lipinski definition) is 4. The average molecular weight is 222 g/mol. The topological polar surface area (TPSA) is 52.6 Å². The Hall–Kier alpha value is -0.130. The molecule has 1 aliphatic rings. The summed E-state index contributed by atoms with van der Waals surface area (Å²) in [6.45, 7) is 10.9. The molecule has 0 aromatic rings. The molecule has 0 aromatic carbocycles. The van der Waals surface area contributed by atoms with Crippen molar-refractivity contribution in [3.05, 3.63) is 0 Å². The van der Waals surface area contributed by atoms with Crippen LogP contribution < -0.4 is 0 Å². The quantitative estimate of drug-likeness (QED) is 0.627. The van der Waals surface area contributed by atoms with Gasteiger partial charge >= 0.3 is 10.4 Å². The van der Waals surface area contributed by atoms with E-state index in [0.29, 0.717) is 0 Å². The van der Waals surface area contributed by atoms with E-state index in [9.17, 15) is 8.42 Å². The molecule has 0 amide bonds. The summed E-state index contributed by atoms with van der Waals surface area (Å²) < 4.78 is 32.6. The molecule has 0 aromatic heterocycles. The van der Waals surface area contributed by atoms with Crippen molar-refractivity contribution < 1.29 is 16.8 Å². The monoisotopic (exact) mass is 222 g/mol. The van der Waals surface area contributed by atoms with Crippen LogP contribution in [0.5, 0.6) is 0 Å². The molecule has 1 rings (SSSR count). The van der Waals surface area contributed by atoms with E-state index in [4.69, 9.17) is 8.37 Å². The van der Waals surface area contributed by atoms with Gasteiger partial charge in [0.15, 0.2) is 0 Å². The molecule has 84 valence electrons. The van der Waals surface area contributed by atoms with Gasteiger partial charge in [0.2, 0.25) is 0 Å². The maximum absolute atomic E-state index is 11.3. The fourth-order valence-corrected chi connectivity index (χ4v) is 2.93. The van der Waals surface area contributed by atoms with Crippen LogP contribution in [-0.2, 0) is 18.8 Å². The predicted octanol–water partition coefficient (Wildman–Crippen LogP) is 1.86. The zero-order chi connectivity index (χ0) is 11.4. The molecule has 0 unspecified atom stereocenters. The molecule has 0 bridgehead atoms. The number of hydrogen-bond donors (Lipinski definition) is 0. The van der Waals surface area contributed by atoms with Crippen LogP contribution in [0.15, 0.2) is 0 Å². The lowest BCUT2D eigenvalue weighted by atomic mass is 9.66. The summed E-state index contributed by atoms with van der Waals surface area (Å²) in [5, 5.41) is 0. The van der Waals surface area contributed by atoms with Gasteiger partial charge in [-0.05, 0) is 27.7 Å². The lowest BCUT2D eigenvalue weighted by Gasteiger charge is -2.53. The Morgan fingerprint density at radius 2 is 1.07 bits per heavy atom. The summed E-state index contributed by atoms with van der Waals surface area (Å²) in [5.74, 6) is 0. The highest BCUT2D eigenvalue weighted by atomic mass is 32.3. The minimum Gasteiger partial charge on any atom is -0.241 e. The summed E-state index contributed by atoms with van der Waals surface area (Å²) in [5.41, 5.74) is -1.94. The van der Waals surface area contributed by atoms with Gasteiger partial charge in [0.1, 0.15) is 0 Å². The van der Waals surface area contributed by atoms with Crippen LogP contribution >= 0.6 is 0 Å². The van der Waals surface area contributed by atoms with Gasteiger partial charge in [0, 0.05) is 5.41 Å². The Kier molecular flexibility index (Phi) is 2.31. The van der Waals surface area contributed by atoms with Crippen molar-refractivity contribution >= 4 is 10.4 Å². The van der Waals surface area contributed by atoms with Gasteiger partial charge in [-0.1, -0.05) is 13.8 Å². The summed E-state index contributed by atoms with van der Waals surface area (Å²) in [6, 6.07) is 0. The zero-order valence-corrected chi connectivity index (χ0v) is 10.4. The second-order valence-corrected chi connectivity index (χ2v) is 6.37. The minimum absolute atomic E-state index is 0.397. The molecule has 14 heavy (non-hydrogen) atoms. The Morgan fingerprint density at radius 3 is 1.36 bits per heavy atom. The summed E-state index contributed by atoms with van der Waals surface area (Å²) in [4.78, 5) is 0. The van der Waals surface area contributed by atoms with Crippen molar-refractivity contribution in [3.63, 3.8) is 0 Å². The first kappa shape index (κ1) is 11.9. The van der Waals surface area contributed by atoms with Gasteiger partial charge in [-0.15, -0.1) is 0 Å². The van der Waals surface area contributed by atoms with Crippen LogP contribution in [0.3, 0.4) is 0 Å². The van der Waals surface area contributed by atoms with Gasteiger partial charge in [0.25, 0.3) is 0 Å². The normalized spacial score (nSPS) is 32.4. The molecule has 0 N–H and O–H groups in total. The van der Waals surface area contributed by atoms with Crippen LogP contribution in [0, 0.1) is 5.41 Å². The van der Waals surface area contributed by atoms with E-state index in [0.717, 1.165) is 0 Å². The predicted molar refractivity (Wildman–Crippen MR) is 53.0 cm³/mol. The Balaban J connectivity index is 3.27. The van der Waals surface area contributed by atoms with Gasteiger partial charge in [-0.25, -0.2) is 8.37 Å². The Bertz CT molecular complexity index is 312. The largest absolute Gasteiger partial charge is 0.400 e. The molecular weight excluding hydrogens is 204 g/mol. The highest BCUT2D eigenvalue weighted by molar-refractivity contribution is 7.82. The fourth-order valence-electron chi connectivity index (χ4n) is 1.46. The third kappa shape index (κ3) is 1.57. The molecule has 4 nitrogen and oxygen atoms in total. The minimum atomic E-state index is -3.87. The zero-order valence-electron chi connectivity index (χ0n) is 9.54. The molecule has 1 heterocycles. The van der Waals surface area contributed by atoms with E-state index in [2.05, 4.69) is 0 Å². The first-order valence-electron chi connectivity index (χ1n) is 4.57. The Labute approximate surface area is 85.9 Å². The summed E-state index contributed by atoms with van der Waals surface area (Å²) in [6.07, 6.45) is 0. The fraction of sp³-hybridized carbons (Fsp3) is 1.00. The molecular formula is C9H18O4S. The molecule has 1 saturated heterocycles. The molecule has 0 atom stereocenters. The van der Waals surface area contributed by atoms with E-state index in [1.807, 2.05) is 13.8 Å². The highest BCUT2D eigenvalue weighted by Crippen LogP contribution is 2.50. The third-order valence-electron chi connectivity index (χ3n) is 3.63. The summed E-state index contributed by atoms with van der Waals surface area (Å²) >= 11 is 0. The van der Waals surface area contributed by atoms with Crippen LogP contribution in [0.25, 0.3) is 0 Å². The number of rotatable bonds is 0. The Morgan fingerprint density at radius 1 is 0.786 bits per heavy atom. The van der Waals surface area contributed by atoms with Crippen molar-refractivity contribution in [3.8, 4) is 0 Å². The van der Waals surface area contributed by atoms with Crippen LogP contribution in [0.4, 0.5) is 0 Å². The highest BCUT2D eigenvalue weighted by Gasteiger charge is 2.58. The standard InChI is InChI=1S/C9H18O4S/c1-7(2)8(3,4)12-14(10,11)13-9(7,5)6/h1-6H3. The van der Waals surface area contributed by atoms with Crippen molar-refractivity contribution in [2.24, 2.45) is 5.41 Å². The first-order valence-corrected chi connectivity index (χ1v) is 5.91. The van der Waals surface area contributed by atoms with Crippen molar-refractivity contribution in [2.75, 3.05) is 0 Å². The van der Waals surface area contributed by atoms with Gasteiger partial charge in [-0.3, -0.25) is 0 Å². The van der Waals surface area contributed by atoms with Crippen molar-refractivity contribution in [1.29, 1.82) is 0 Å². The molecule has 0 aliphatic carbocycles. The molecule has 0 spiro atoms. The van der Waals surface area contributed by atoms with E-state index < -0.39 is 27.0 Å². The van der Waals surface area contributed by atoms with E-state index in [-0.39, 0.29) is 0 Å². The summed E-state index contributed by atoms with van der Waals surface area (Å²) in [7, 11) is -3.87. The van der Waals surface area contributed by atoms with Crippen molar-refractivity contribution in [1.82, 2.24) is 0 Å². The van der Waals surface area contributed by atoms with Crippen LogP contribution in [0.2, 0.25) is 0 Å². The second kappa shape index (κ2) is 2.71. The smallest absolute Gasteiger partial charge is 0.241 e. The van der Waals surface area contributed by atoms with E-state index in [1.165, 1.54) is 0 Å².